The lowest BCUT2D eigenvalue weighted by molar-refractivity contribution is -0.126. The third-order valence-electron chi connectivity index (χ3n) is 13.4. The van der Waals surface area contributed by atoms with Gasteiger partial charge in [-0.05, 0) is 54.6 Å². The summed E-state index contributed by atoms with van der Waals surface area (Å²) in [6.07, 6.45) is -2.14. The highest BCUT2D eigenvalue weighted by Crippen LogP contribution is 2.46. The molecule has 54 nitrogen and oxygen atoms in total. The minimum absolute atomic E-state index is 0.318. The van der Waals surface area contributed by atoms with Gasteiger partial charge in [0.2, 0.25) is 33.9 Å². The number of fused-ring (bicyclic) bond motifs is 3. The van der Waals surface area contributed by atoms with Crippen molar-refractivity contribution < 1.29 is 226 Å². The van der Waals surface area contributed by atoms with E-state index in [-0.39, 0.29) is 0 Å². The zero-order valence-electron chi connectivity index (χ0n) is 55.0. The number of hydrogen-bond acceptors (Lipinski definition) is 43. The first-order valence-electron chi connectivity index (χ1n) is 29.0. The molecule has 11 N–H and O–H groups in total. The minimum Gasteiger partial charge on any atom is -0.497 e. The molecular weight excluding hydrogens is 1830 g/mol. The molecule has 7 aromatic rings. The Hall–Kier alpha value is -10.8. The molecule has 0 radical (unpaired) electrons. The lowest BCUT2D eigenvalue weighted by Gasteiger charge is -2.35. The summed E-state index contributed by atoms with van der Waals surface area (Å²) in [5.41, 5.74) is -7.84. The van der Waals surface area contributed by atoms with E-state index in [1.807, 2.05) is 0 Å². The maximum absolute atomic E-state index is 14.7. The Morgan fingerprint density at radius 3 is 1.03 bits per heavy atom. The normalized spacial score (nSPS) is 15.4. The second-order valence-electron chi connectivity index (χ2n) is 21.7. The molecule has 116 heavy (non-hydrogen) atoms. The van der Waals surface area contributed by atoms with Crippen molar-refractivity contribution in [1.29, 1.82) is 0 Å². The zero-order chi connectivity index (χ0) is 86.4. The van der Waals surface area contributed by atoms with E-state index in [1.165, 1.54) is 0 Å². The predicted octanol–water partition coefficient (Wildman–Crippen LogP) is 0.874. The van der Waals surface area contributed by atoms with E-state index < -0.39 is 325 Å². The maximum atomic E-state index is 14.7. The number of Topliss-reactive ketones (excluding diaryl/α,β-unsaturated/α-hetero) is 1. The maximum Gasteiger partial charge on any atom is 0.446 e. The van der Waals surface area contributed by atoms with Gasteiger partial charge in [-0.25, -0.2) is 0 Å². The van der Waals surface area contributed by atoms with E-state index in [2.05, 4.69) is 46.0 Å². The fourth-order valence-electron chi connectivity index (χ4n) is 9.82. The van der Waals surface area contributed by atoms with Crippen molar-refractivity contribution in [1.82, 2.24) is 0 Å². The van der Waals surface area contributed by atoms with Crippen LogP contribution in [0.2, 0.25) is 0 Å². The Balaban J connectivity index is 1.02. The van der Waals surface area contributed by atoms with Crippen LogP contribution in [0, 0.1) is 5.92 Å². The summed E-state index contributed by atoms with van der Waals surface area (Å²) < 4.78 is 456. The molecule has 2 atom stereocenters. The summed E-state index contributed by atoms with van der Waals surface area (Å²) in [5.74, 6) is -25.1. The van der Waals surface area contributed by atoms with E-state index in [9.17, 15) is 157 Å². The molecule has 0 fully saturated rings. The number of rotatable bonds is 37. The molecule has 0 saturated heterocycles. The van der Waals surface area contributed by atoms with Crippen molar-refractivity contribution in [3.8, 4) is 91.6 Å². The van der Waals surface area contributed by atoms with Crippen LogP contribution in [-0.2, 0) is 137 Å². The molecule has 65 heteroatoms. The van der Waals surface area contributed by atoms with Crippen molar-refractivity contribution in [3.05, 3.63) is 134 Å². The predicted molar refractivity (Wildman–Crippen MR) is 365 cm³/mol. The molecule has 0 bridgehead atoms. The van der Waals surface area contributed by atoms with Crippen molar-refractivity contribution in [2.75, 3.05) is 26.4 Å². The third-order valence-corrected chi connectivity index (χ3v) is 17.7. The number of hydrogen-bond donors (Lipinski definition) is 11. The summed E-state index contributed by atoms with van der Waals surface area (Å²) in [5, 5.41) is -2.03. The van der Waals surface area contributed by atoms with Gasteiger partial charge in [-0.3, -0.25) is 64.5 Å². The van der Waals surface area contributed by atoms with Gasteiger partial charge in [0.1, 0.15) is 57.0 Å². The Labute approximate surface area is 647 Å². The van der Waals surface area contributed by atoms with Crippen LogP contribution in [0.3, 0.4) is 0 Å². The fraction of sp³-hybridized carbons (Fsp3) is 0.157. The molecule has 0 spiro atoms. The number of allylic oxidation sites excluding steroid dienone is 2. The van der Waals surface area contributed by atoms with Gasteiger partial charge in [0, 0.05) is 65.9 Å². The molecule has 634 valence electrons. The van der Waals surface area contributed by atoms with Gasteiger partial charge in [0.25, 0.3) is 0 Å². The Kier molecular flexibility index (Phi) is 25.1. The second kappa shape index (κ2) is 32.7. The molecule has 2 unspecified atom stereocenters. The van der Waals surface area contributed by atoms with Gasteiger partial charge in [0.05, 0.1) is 26.4 Å². The van der Waals surface area contributed by atoms with Crippen molar-refractivity contribution >= 4 is 148 Å². The fourth-order valence-corrected chi connectivity index (χ4v) is 13.8. The number of carbonyl (C=O) groups is 1. The molecule has 2 aliphatic rings. The van der Waals surface area contributed by atoms with E-state index in [0.29, 0.717) is 91.0 Å². The minimum atomic E-state index is -5.92. The number of benzene rings is 5. The van der Waals surface area contributed by atoms with Crippen molar-refractivity contribution in [2.24, 2.45) is 5.92 Å². The first-order chi connectivity index (χ1) is 53.0. The third kappa shape index (κ3) is 25.1. The summed E-state index contributed by atoms with van der Waals surface area (Å²) in [7, 11) is -62.4. The smallest absolute Gasteiger partial charge is 0.446 e. The molecule has 5 aromatic carbocycles. The zero-order valence-corrected chi connectivity index (χ0v) is 64.0. The highest BCUT2D eigenvalue weighted by molar-refractivity contribution is 7.83. The van der Waals surface area contributed by atoms with Crippen LogP contribution < -0.4 is 62.7 Å². The molecule has 3 heterocycles. The molecule has 0 saturated carbocycles. The molecule has 1 aliphatic heterocycles. The van der Waals surface area contributed by atoms with E-state index in [1.54, 1.807) is 0 Å². The average molecular weight is 1870 g/mol. The Morgan fingerprint density at radius 2 is 0.655 bits per heavy atom. The van der Waals surface area contributed by atoms with Crippen LogP contribution in [0.15, 0.2) is 127 Å². The van der Waals surface area contributed by atoms with Gasteiger partial charge in [-0.2, -0.15) is 92.6 Å². The quantitative estimate of drug-likeness (QED) is 0.0190. The number of carbonyl (C=O) groups excluding carboxylic acids is 1. The SMILES string of the molecule is O=C1C(OS(=O)(=O)O)=C(c2ccc(OS(=O)(=O)O)c(OCCCOc3cc(OS(=O)(=O)O)cc4oc(-c5ccc(OS(=O)(=O)O)c(OS(=O)(=O)O)c5)c(OS(=O)(=O)O)c(=O)c34)c2)OC2C=C(OS(=O)(=O)O)C=C(OCCCOc3cc(OS(=O)(=O)O)cc4oc(-c5ccc(OS(=O)(=O)O)c(OS(=O)(=O)O)c5)c(OS(=O)(=O)O)c(=O)c34)C12. The van der Waals surface area contributed by atoms with Crippen molar-refractivity contribution in [3.63, 3.8) is 0 Å². The summed E-state index contributed by atoms with van der Waals surface area (Å²) >= 11 is 0. The van der Waals surface area contributed by atoms with E-state index >= 15 is 0 Å². The van der Waals surface area contributed by atoms with Crippen LogP contribution in [0.1, 0.15) is 18.4 Å². The highest BCUT2D eigenvalue weighted by atomic mass is 32.3. The van der Waals surface area contributed by atoms with E-state index in [4.69, 9.17) is 32.5 Å². The first-order valence-corrected chi connectivity index (χ1v) is 44.0. The number of ether oxygens (including phenoxy) is 5. The van der Waals surface area contributed by atoms with Gasteiger partial charge in [-0.1, -0.05) is 0 Å². The highest BCUT2D eigenvalue weighted by Gasteiger charge is 2.47. The lowest BCUT2D eigenvalue weighted by atomic mass is 9.86. The van der Waals surface area contributed by atoms with Gasteiger partial charge >= 0.3 is 114 Å². The Morgan fingerprint density at radius 1 is 0.328 bits per heavy atom. The van der Waals surface area contributed by atoms with Crippen LogP contribution >= 0.6 is 0 Å². The molecule has 0 amide bonds. The lowest BCUT2D eigenvalue weighted by Crippen LogP contribution is -2.40. The van der Waals surface area contributed by atoms with Gasteiger partial charge in [-0.15, -0.1) is 0 Å². The summed E-state index contributed by atoms with van der Waals surface area (Å²) in [4.78, 5) is 43.2. The Bertz CT molecular complexity index is 6810. The van der Waals surface area contributed by atoms with Gasteiger partial charge < -0.3 is 78.5 Å². The van der Waals surface area contributed by atoms with Crippen LogP contribution in [0.25, 0.3) is 50.3 Å². The topological polar surface area (TPSA) is 823 Å². The van der Waals surface area contributed by atoms with Gasteiger partial charge in [0.15, 0.2) is 63.3 Å². The van der Waals surface area contributed by atoms with Crippen molar-refractivity contribution in [2.45, 2.75) is 18.9 Å². The summed E-state index contributed by atoms with van der Waals surface area (Å²) in [6.45, 7) is -3.44. The van der Waals surface area contributed by atoms with Crippen LogP contribution in [0.4, 0.5) is 0 Å². The largest absolute Gasteiger partial charge is 0.497 e. The monoisotopic (exact) mass is 1870 g/mol. The molecule has 2 aromatic heterocycles. The second-order valence-corrected chi connectivity index (χ2v) is 32.9. The van der Waals surface area contributed by atoms with E-state index in [0.717, 1.165) is 0 Å². The molecule has 1 aliphatic carbocycles. The average Bonchev–Trinajstić information content (AvgIpc) is 0.760. The molecule has 9 rings (SSSR count). The van der Waals surface area contributed by atoms with Crippen LogP contribution in [0.5, 0.6) is 69.0 Å². The molecular formula is C51H40O54S11. The number of ketones is 1. The van der Waals surface area contributed by atoms with Crippen LogP contribution in [-0.4, -0.2) is 181 Å². The standard InChI is InChI=1S/C51H40O54S11/c52-43-40-35(90-11-2-12-91-36-18-27(97-108(61,62)63)21-39-42(36)45(54)51(105-116(85,86)87)48(94-39)24-5-8-30(100-111(70,71)72)33(15-24)102-113(76,77)78)17-25(95-106(55,56)57)19-37(40)92-46(49(43)103-114(79,80)81)22-3-6-28(98-109(64,65)66)31(13-22)88-9-1-10-89-34-16-26(96-107(58,59)60)20-38-41(34)44(53)50(104-115(82,83)84)47(93-38)23-4-7-29(99-110(67,68)69)32(14-23)101-112(73,74)75/h3-8,13-21,37,40H,1-2,9-12H2,(H,55,56,57)(H,58,59,60)(H,61,62,63)(H,64,65,66)(H,67,68,69)(H,70,71,72)(H,73,74,75)(H,76,77,78)(H,79,80,81)(H,82,83,84)(H,85,86,87). The first kappa shape index (κ1) is 89.2. The summed E-state index contributed by atoms with van der Waals surface area (Å²) in [6, 6.07) is 6.57.